The SMILES string of the molecule is Cc1ncc(OC2CCOC2)cc1Nc1ncn(-c2ccccc2)n1. The first kappa shape index (κ1) is 15.6. The molecule has 1 unspecified atom stereocenters. The molecule has 2 aromatic heterocycles. The number of aryl methyl sites for hydroxylation is 1. The first-order chi connectivity index (χ1) is 12.3. The summed E-state index contributed by atoms with van der Waals surface area (Å²) >= 11 is 0. The van der Waals surface area contributed by atoms with Crippen LogP contribution in [-0.2, 0) is 4.74 Å². The van der Waals surface area contributed by atoms with Crippen LogP contribution in [-0.4, -0.2) is 39.1 Å². The molecule has 1 saturated heterocycles. The zero-order valence-corrected chi connectivity index (χ0v) is 13.9. The lowest BCUT2D eigenvalue weighted by Gasteiger charge is -2.13. The number of ether oxygens (including phenoxy) is 2. The van der Waals surface area contributed by atoms with Crippen LogP contribution in [0.5, 0.6) is 5.75 Å². The van der Waals surface area contributed by atoms with Gasteiger partial charge in [0.15, 0.2) is 0 Å². The molecule has 4 rings (SSSR count). The Balaban J connectivity index is 1.51. The number of hydrogen-bond donors (Lipinski definition) is 1. The first-order valence-corrected chi connectivity index (χ1v) is 8.23. The quantitative estimate of drug-likeness (QED) is 0.772. The molecule has 7 heteroatoms. The molecule has 0 bridgehead atoms. The Labute approximate surface area is 145 Å². The van der Waals surface area contributed by atoms with Crippen molar-refractivity contribution in [3.05, 3.63) is 54.6 Å². The van der Waals surface area contributed by atoms with Crippen molar-refractivity contribution >= 4 is 11.6 Å². The van der Waals surface area contributed by atoms with Gasteiger partial charge in [-0.15, -0.1) is 5.10 Å². The first-order valence-electron chi connectivity index (χ1n) is 8.23. The maximum absolute atomic E-state index is 5.91. The molecule has 3 aromatic rings. The van der Waals surface area contributed by atoms with Gasteiger partial charge in [-0.3, -0.25) is 4.98 Å². The van der Waals surface area contributed by atoms with Crippen LogP contribution in [0, 0.1) is 6.92 Å². The van der Waals surface area contributed by atoms with Crippen molar-refractivity contribution in [1.82, 2.24) is 19.7 Å². The minimum absolute atomic E-state index is 0.0905. The van der Waals surface area contributed by atoms with E-state index in [1.807, 2.05) is 43.3 Å². The second-order valence-electron chi connectivity index (χ2n) is 5.88. The molecule has 3 heterocycles. The second-order valence-corrected chi connectivity index (χ2v) is 5.88. The number of anilines is 2. The summed E-state index contributed by atoms with van der Waals surface area (Å²) in [6.07, 6.45) is 4.40. The summed E-state index contributed by atoms with van der Waals surface area (Å²) in [7, 11) is 0. The van der Waals surface area contributed by atoms with Crippen molar-refractivity contribution in [2.24, 2.45) is 0 Å². The summed E-state index contributed by atoms with van der Waals surface area (Å²) in [6, 6.07) is 11.8. The monoisotopic (exact) mass is 337 g/mol. The van der Waals surface area contributed by atoms with Crippen LogP contribution in [0.2, 0.25) is 0 Å². The van der Waals surface area contributed by atoms with Gasteiger partial charge < -0.3 is 14.8 Å². The highest BCUT2D eigenvalue weighted by Gasteiger charge is 2.18. The van der Waals surface area contributed by atoms with Crippen molar-refractivity contribution < 1.29 is 9.47 Å². The lowest BCUT2D eigenvalue weighted by molar-refractivity contribution is 0.141. The molecule has 0 amide bonds. The number of benzene rings is 1. The van der Waals surface area contributed by atoms with Gasteiger partial charge in [-0.1, -0.05) is 18.2 Å². The fraction of sp³-hybridized carbons (Fsp3) is 0.278. The third kappa shape index (κ3) is 3.61. The number of hydrogen-bond acceptors (Lipinski definition) is 6. The molecule has 0 aliphatic carbocycles. The molecule has 1 aliphatic heterocycles. The standard InChI is InChI=1S/C18H19N5O2/c1-13-17(9-16(10-19-13)25-15-7-8-24-11-15)21-18-20-12-23(22-18)14-5-3-2-4-6-14/h2-6,9-10,12,15H,7-8,11H2,1H3,(H,21,22). The maximum atomic E-state index is 5.91. The number of aromatic nitrogens is 4. The highest BCUT2D eigenvalue weighted by molar-refractivity contribution is 5.58. The van der Waals surface area contributed by atoms with Crippen LogP contribution < -0.4 is 10.1 Å². The molecule has 128 valence electrons. The van der Waals surface area contributed by atoms with Gasteiger partial charge in [-0.05, 0) is 19.1 Å². The Bertz CT molecular complexity index is 844. The zero-order chi connectivity index (χ0) is 17.1. The van der Waals surface area contributed by atoms with Crippen LogP contribution in [0.25, 0.3) is 5.69 Å². The number of pyridine rings is 1. The van der Waals surface area contributed by atoms with Crippen LogP contribution >= 0.6 is 0 Å². The largest absolute Gasteiger partial charge is 0.486 e. The van der Waals surface area contributed by atoms with Crippen molar-refractivity contribution in [2.75, 3.05) is 18.5 Å². The average molecular weight is 337 g/mol. The predicted molar refractivity (Wildman–Crippen MR) is 93.5 cm³/mol. The number of nitrogens with zero attached hydrogens (tertiary/aromatic N) is 4. The van der Waals surface area contributed by atoms with Crippen LogP contribution in [0.15, 0.2) is 48.9 Å². The minimum Gasteiger partial charge on any atom is -0.486 e. The fourth-order valence-corrected chi connectivity index (χ4v) is 2.65. The molecule has 1 aromatic carbocycles. The van der Waals surface area contributed by atoms with Gasteiger partial charge >= 0.3 is 0 Å². The van der Waals surface area contributed by atoms with Crippen molar-refractivity contribution in [1.29, 1.82) is 0 Å². The summed E-state index contributed by atoms with van der Waals surface area (Å²) in [5.41, 5.74) is 2.63. The summed E-state index contributed by atoms with van der Waals surface area (Å²) in [5.74, 6) is 1.22. The Morgan fingerprint density at radius 2 is 2.12 bits per heavy atom. The third-order valence-electron chi connectivity index (χ3n) is 4.01. The molecule has 1 N–H and O–H groups in total. The Morgan fingerprint density at radius 1 is 1.24 bits per heavy atom. The van der Waals surface area contributed by atoms with E-state index in [1.54, 1.807) is 17.2 Å². The molecule has 7 nitrogen and oxygen atoms in total. The third-order valence-corrected chi connectivity index (χ3v) is 4.01. The Kier molecular flexibility index (Phi) is 4.30. The minimum atomic E-state index is 0.0905. The number of rotatable bonds is 5. The summed E-state index contributed by atoms with van der Waals surface area (Å²) in [5, 5.41) is 7.67. The normalized spacial score (nSPS) is 16.8. The zero-order valence-electron chi connectivity index (χ0n) is 13.9. The Morgan fingerprint density at radius 3 is 2.92 bits per heavy atom. The number of para-hydroxylation sites is 1. The maximum Gasteiger partial charge on any atom is 0.247 e. The van der Waals surface area contributed by atoms with Gasteiger partial charge in [0, 0.05) is 12.5 Å². The second kappa shape index (κ2) is 6.90. The summed E-state index contributed by atoms with van der Waals surface area (Å²) in [6.45, 7) is 3.30. The molecule has 25 heavy (non-hydrogen) atoms. The molecular weight excluding hydrogens is 318 g/mol. The topological polar surface area (TPSA) is 74.1 Å². The molecule has 0 saturated carbocycles. The summed E-state index contributed by atoms with van der Waals surface area (Å²) < 4.78 is 13.0. The Hall–Kier alpha value is -2.93. The smallest absolute Gasteiger partial charge is 0.247 e. The van der Waals surface area contributed by atoms with Crippen molar-refractivity contribution in [3.63, 3.8) is 0 Å². The van der Waals surface area contributed by atoms with Gasteiger partial charge in [0.05, 0.1) is 36.5 Å². The highest BCUT2D eigenvalue weighted by atomic mass is 16.5. The molecular formula is C18H19N5O2. The van der Waals surface area contributed by atoms with E-state index in [4.69, 9.17) is 9.47 Å². The fourth-order valence-electron chi connectivity index (χ4n) is 2.65. The van der Waals surface area contributed by atoms with E-state index in [9.17, 15) is 0 Å². The van der Waals surface area contributed by atoms with Crippen LogP contribution in [0.4, 0.5) is 11.6 Å². The lowest BCUT2D eigenvalue weighted by atomic mass is 10.3. The van der Waals surface area contributed by atoms with Gasteiger partial charge in [0.2, 0.25) is 5.95 Å². The molecule has 1 aliphatic rings. The predicted octanol–water partition coefficient (Wildman–Crippen LogP) is 2.88. The summed E-state index contributed by atoms with van der Waals surface area (Å²) in [4.78, 5) is 8.71. The van der Waals surface area contributed by atoms with Crippen molar-refractivity contribution in [3.8, 4) is 11.4 Å². The van der Waals surface area contributed by atoms with Gasteiger partial charge in [0.25, 0.3) is 0 Å². The van der Waals surface area contributed by atoms with Gasteiger partial charge in [0.1, 0.15) is 18.2 Å². The molecule has 1 atom stereocenters. The van der Waals surface area contributed by atoms with E-state index in [1.165, 1.54) is 0 Å². The number of nitrogens with one attached hydrogen (secondary N) is 1. The van der Waals surface area contributed by atoms with Gasteiger partial charge in [-0.25, -0.2) is 4.68 Å². The van der Waals surface area contributed by atoms with Gasteiger partial charge in [-0.2, -0.15) is 4.98 Å². The van der Waals surface area contributed by atoms with Crippen LogP contribution in [0.3, 0.4) is 0 Å². The van der Waals surface area contributed by atoms with Crippen LogP contribution in [0.1, 0.15) is 12.1 Å². The van der Waals surface area contributed by atoms with E-state index >= 15 is 0 Å². The highest BCUT2D eigenvalue weighted by Crippen LogP contribution is 2.24. The lowest BCUT2D eigenvalue weighted by Crippen LogP contribution is -2.16. The van der Waals surface area contributed by atoms with Crippen molar-refractivity contribution in [2.45, 2.75) is 19.4 Å². The van der Waals surface area contributed by atoms with E-state index in [0.29, 0.717) is 18.3 Å². The average Bonchev–Trinajstić information content (AvgIpc) is 3.31. The van der Waals surface area contributed by atoms with E-state index in [2.05, 4.69) is 20.4 Å². The molecule has 0 radical (unpaired) electrons. The van der Waals surface area contributed by atoms with E-state index in [0.717, 1.165) is 30.1 Å². The van der Waals surface area contributed by atoms with E-state index < -0.39 is 0 Å². The molecule has 0 spiro atoms. The molecule has 1 fully saturated rings. The van der Waals surface area contributed by atoms with E-state index in [-0.39, 0.29) is 6.10 Å².